The van der Waals surface area contributed by atoms with Crippen molar-refractivity contribution in [1.82, 2.24) is 9.78 Å². The lowest BCUT2D eigenvalue weighted by atomic mass is 10.3. The number of thiophene rings is 1. The predicted molar refractivity (Wildman–Crippen MR) is 63.9 cm³/mol. The van der Waals surface area contributed by atoms with Gasteiger partial charge in [-0.3, -0.25) is 0 Å². The van der Waals surface area contributed by atoms with Crippen LogP contribution in [0, 0.1) is 0 Å². The van der Waals surface area contributed by atoms with Gasteiger partial charge in [0.15, 0.2) is 5.69 Å². The van der Waals surface area contributed by atoms with Crippen LogP contribution >= 0.6 is 11.3 Å². The highest BCUT2D eigenvalue weighted by molar-refractivity contribution is 7.21. The molecule has 0 saturated carbocycles. The zero-order valence-corrected chi connectivity index (χ0v) is 9.79. The molecule has 0 spiro atoms. The summed E-state index contributed by atoms with van der Waals surface area (Å²) in [5, 5.41) is 5.22. The Morgan fingerprint density at radius 3 is 2.56 bits per heavy atom. The monoisotopic (exact) mass is 268 g/mol. The van der Waals surface area contributed by atoms with E-state index in [-0.39, 0.29) is 0 Å². The molecule has 0 aliphatic heterocycles. The number of fused-ring (bicyclic) bond motifs is 1. The van der Waals surface area contributed by atoms with Crippen molar-refractivity contribution < 1.29 is 13.2 Å². The number of benzene rings is 1. The van der Waals surface area contributed by atoms with Gasteiger partial charge in [-0.05, 0) is 23.6 Å². The molecule has 0 atom stereocenters. The van der Waals surface area contributed by atoms with E-state index in [9.17, 15) is 13.2 Å². The maximum Gasteiger partial charge on any atom is 0.435 e. The molecule has 0 radical (unpaired) electrons. The van der Waals surface area contributed by atoms with E-state index < -0.39 is 11.9 Å². The Hall–Kier alpha value is -1.82. The van der Waals surface area contributed by atoms with E-state index in [4.69, 9.17) is 0 Å². The quantitative estimate of drug-likeness (QED) is 0.649. The number of halogens is 3. The lowest BCUT2D eigenvalue weighted by molar-refractivity contribution is -0.141. The van der Waals surface area contributed by atoms with Crippen molar-refractivity contribution in [3.05, 3.63) is 48.3 Å². The summed E-state index contributed by atoms with van der Waals surface area (Å²) in [6, 6.07) is 10.4. The molecular formula is C12H7F3N2S. The van der Waals surface area contributed by atoms with Crippen LogP contribution in [0.2, 0.25) is 0 Å². The summed E-state index contributed by atoms with van der Waals surface area (Å²) in [4.78, 5) is 0. The Labute approximate surface area is 104 Å². The van der Waals surface area contributed by atoms with E-state index in [0.29, 0.717) is 5.00 Å². The van der Waals surface area contributed by atoms with Gasteiger partial charge in [0.25, 0.3) is 0 Å². The second-order valence-electron chi connectivity index (χ2n) is 3.77. The molecule has 3 aromatic rings. The lowest BCUT2D eigenvalue weighted by Gasteiger charge is -2.00. The van der Waals surface area contributed by atoms with Gasteiger partial charge in [-0.15, -0.1) is 11.3 Å². The summed E-state index contributed by atoms with van der Waals surface area (Å²) < 4.78 is 39.6. The molecule has 0 saturated heterocycles. The number of rotatable bonds is 1. The molecule has 0 N–H and O–H groups in total. The molecule has 2 nitrogen and oxygen atoms in total. The number of hydrogen-bond donors (Lipinski definition) is 0. The van der Waals surface area contributed by atoms with Crippen LogP contribution in [0.5, 0.6) is 0 Å². The summed E-state index contributed by atoms with van der Waals surface area (Å²) in [5.41, 5.74) is -0.875. The highest BCUT2D eigenvalue weighted by atomic mass is 32.1. The van der Waals surface area contributed by atoms with E-state index in [1.54, 1.807) is 0 Å². The number of alkyl halides is 3. The fourth-order valence-corrected chi connectivity index (χ4v) is 2.68. The van der Waals surface area contributed by atoms with E-state index in [1.165, 1.54) is 22.2 Å². The molecule has 0 fully saturated rings. The zero-order valence-electron chi connectivity index (χ0n) is 8.98. The van der Waals surface area contributed by atoms with Gasteiger partial charge in [0.05, 0.1) is 0 Å². The Bertz CT molecular complexity index is 663. The maximum atomic E-state index is 12.4. The fourth-order valence-electron chi connectivity index (χ4n) is 1.68. The maximum absolute atomic E-state index is 12.4. The molecule has 2 aromatic heterocycles. The van der Waals surface area contributed by atoms with Crippen LogP contribution in [-0.4, -0.2) is 9.78 Å². The predicted octanol–water partition coefficient (Wildman–Crippen LogP) is 4.11. The van der Waals surface area contributed by atoms with Crippen LogP contribution < -0.4 is 0 Å². The topological polar surface area (TPSA) is 17.8 Å². The van der Waals surface area contributed by atoms with Crippen LogP contribution in [0.4, 0.5) is 13.2 Å². The highest BCUT2D eigenvalue weighted by Crippen LogP contribution is 2.31. The van der Waals surface area contributed by atoms with Crippen molar-refractivity contribution in [3.8, 4) is 5.00 Å². The molecule has 3 rings (SSSR count). The minimum absolute atomic E-state index is 0.673. The highest BCUT2D eigenvalue weighted by Gasteiger charge is 2.33. The van der Waals surface area contributed by atoms with Crippen molar-refractivity contribution in [2.75, 3.05) is 0 Å². The largest absolute Gasteiger partial charge is 0.435 e. The molecular weight excluding hydrogens is 261 g/mol. The molecule has 2 heterocycles. The molecule has 92 valence electrons. The number of nitrogens with zero attached hydrogens (tertiary/aromatic N) is 2. The lowest BCUT2D eigenvalue weighted by Crippen LogP contribution is -2.06. The second kappa shape index (κ2) is 3.84. The third-order valence-corrected chi connectivity index (χ3v) is 3.62. The first-order valence-corrected chi connectivity index (χ1v) is 5.97. The Morgan fingerprint density at radius 1 is 1.11 bits per heavy atom. The normalized spacial score (nSPS) is 12.2. The SMILES string of the molecule is FC(F)(F)c1ccn(-c2cc3ccccc3s2)n1. The smallest absolute Gasteiger partial charge is 0.230 e. The summed E-state index contributed by atoms with van der Waals surface area (Å²) in [6.07, 6.45) is -3.07. The third kappa shape index (κ3) is 1.88. The van der Waals surface area contributed by atoms with Crippen LogP contribution in [0.3, 0.4) is 0 Å². The molecule has 1 aromatic carbocycles. The first kappa shape index (κ1) is 11.3. The van der Waals surface area contributed by atoms with Crippen LogP contribution in [0.25, 0.3) is 15.1 Å². The molecule has 0 aliphatic rings. The first-order chi connectivity index (χ1) is 8.54. The van der Waals surface area contributed by atoms with Crippen molar-refractivity contribution in [1.29, 1.82) is 0 Å². The number of hydrogen-bond acceptors (Lipinski definition) is 2. The molecule has 18 heavy (non-hydrogen) atoms. The fraction of sp³-hybridized carbons (Fsp3) is 0.0833. The van der Waals surface area contributed by atoms with Crippen LogP contribution in [-0.2, 0) is 6.18 Å². The zero-order chi connectivity index (χ0) is 12.8. The summed E-state index contributed by atoms with van der Waals surface area (Å²) in [7, 11) is 0. The summed E-state index contributed by atoms with van der Waals surface area (Å²) in [5.74, 6) is 0. The Morgan fingerprint density at radius 2 is 1.89 bits per heavy atom. The van der Waals surface area contributed by atoms with Crippen molar-refractivity contribution in [2.24, 2.45) is 0 Å². The van der Waals surface area contributed by atoms with Gasteiger partial charge in [0.1, 0.15) is 5.00 Å². The number of aromatic nitrogens is 2. The van der Waals surface area contributed by atoms with E-state index in [0.717, 1.165) is 16.2 Å². The van der Waals surface area contributed by atoms with Gasteiger partial charge in [-0.1, -0.05) is 18.2 Å². The Balaban J connectivity index is 2.06. The summed E-state index contributed by atoms with van der Waals surface area (Å²) in [6.45, 7) is 0. The minimum atomic E-state index is -4.40. The van der Waals surface area contributed by atoms with E-state index >= 15 is 0 Å². The molecule has 0 unspecified atom stereocenters. The average molecular weight is 268 g/mol. The standard InChI is InChI=1S/C12H7F3N2S/c13-12(14,15)10-5-6-17(16-10)11-7-8-3-1-2-4-9(8)18-11/h1-7H. The molecule has 0 amide bonds. The van der Waals surface area contributed by atoms with Gasteiger partial charge in [0, 0.05) is 10.9 Å². The van der Waals surface area contributed by atoms with Crippen molar-refractivity contribution >= 4 is 21.4 Å². The van der Waals surface area contributed by atoms with Crippen molar-refractivity contribution in [2.45, 2.75) is 6.18 Å². The van der Waals surface area contributed by atoms with Gasteiger partial charge in [0.2, 0.25) is 0 Å². The van der Waals surface area contributed by atoms with Gasteiger partial charge in [-0.2, -0.15) is 18.3 Å². The van der Waals surface area contributed by atoms with Crippen LogP contribution in [0.1, 0.15) is 5.69 Å². The van der Waals surface area contributed by atoms with E-state index in [1.807, 2.05) is 30.3 Å². The summed E-state index contributed by atoms with van der Waals surface area (Å²) >= 11 is 1.41. The molecule has 6 heteroatoms. The molecule has 0 aliphatic carbocycles. The minimum Gasteiger partial charge on any atom is -0.230 e. The first-order valence-electron chi connectivity index (χ1n) is 5.16. The van der Waals surface area contributed by atoms with Gasteiger partial charge >= 0.3 is 6.18 Å². The van der Waals surface area contributed by atoms with Crippen molar-refractivity contribution in [3.63, 3.8) is 0 Å². The average Bonchev–Trinajstić information content (AvgIpc) is 2.94. The van der Waals surface area contributed by atoms with E-state index in [2.05, 4.69) is 5.10 Å². The second-order valence-corrected chi connectivity index (χ2v) is 4.83. The third-order valence-electron chi connectivity index (χ3n) is 2.52. The Kier molecular flexibility index (Phi) is 2.41. The molecule has 0 bridgehead atoms. The van der Waals surface area contributed by atoms with Gasteiger partial charge in [-0.25, -0.2) is 4.68 Å². The van der Waals surface area contributed by atoms with Gasteiger partial charge < -0.3 is 0 Å². The van der Waals surface area contributed by atoms with Crippen LogP contribution in [0.15, 0.2) is 42.6 Å².